The van der Waals surface area contributed by atoms with Gasteiger partial charge in [0, 0.05) is 24.0 Å². The SMILES string of the molecule is CNCC(C)C(=O)NC(C)(C)c1nccs1.Cl.Cl. The molecule has 18 heavy (non-hydrogen) atoms. The molecule has 0 fully saturated rings. The van der Waals surface area contributed by atoms with Crippen molar-refractivity contribution in [3.8, 4) is 0 Å². The van der Waals surface area contributed by atoms with Crippen LogP contribution in [0, 0.1) is 5.92 Å². The van der Waals surface area contributed by atoms with E-state index in [2.05, 4.69) is 15.6 Å². The average molecular weight is 314 g/mol. The second-order valence-corrected chi connectivity index (χ2v) is 5.30. The van der Waals surface area contributed by atoms with Gasteiger partial charge in [0.2, 0.25) is 5.91 Å². The number of rotatable bonds is 5. The maximum Gasteiger partial charge on any atom is 0.224 e. The molecule has 2 N–H and O–H groups in total. The molecule has 0 aliphatic carbocycles. The van der Waals surface area contributed by atoms with Crippen LogP contribution < -0.4 is 10.6 Å². The lowest BCUT2D eigenvalue weighted by Gasteiger charge is -2.25. The number of nitrogens with one attached hydrogen (secondary N) is 2. The number of aromatic nitrogens is 1. The molecular formula is C11H21Cl2N3OS. The summed E-state index contributed by atoms with van der Waals surface area (Å²) in [6.45, 7) is 6.52. The van der Waals surface area contributed by atoms with E-state index in [1.165, 1.54) is 0 Å². The Hall–Kier alpha value is -0.360. The van der Waals surface area contributed by atoms with E-state index in [0.29, 0.717) is 6.54 Å². The molecule has 1 aromatic rings. The Morgan fingerprint density at radius 1 is 1.50 bits per heavy atom. The van der Waals surface area contributed by atoms with Crippen molar-refractivity contribution in [3.63, 3.8) is 0 Å². The molecule has 1 heterocycles. The lowest BCUT2D eigenvalue weighted by atomic mass is 10.0. The second-order valence-electron chi connectivity index (χ2n) is 4.41. The van der Waals surface area contributed by atoms with Gasteiger partial charge in [-0.25, -0.2) is 4.98 Å². The minimum atomic E-state index is -0.396. The predicted octanol–water partition coefficient (Wildman–Crippen LogP) is 2.19. The van der Waals surface area contributed by atoms with Gasteiger partial charge in [-0.15, -0.1) is 36.2 Å². The number of hydrogen-bond donors (Lipinski definition) is 2. The highest BCUT2D eigenvalue weighted by molar-refractivity contribution is 7.09. The largest absolute Gasteiger partial charge is 0.344 e. The van der Waals surface area contributed by atoms with Gasteiger partial charge >= 0.3 is 0 Å². The molecule has 1 atom stereocenters. The van der Waals surface area contributed by atoms with Gasteiger partial charge in [-0.1, -0.05) is 6.92 Å². The number of carbonyl (C=O) groups is 1. The first-order chi connectivity index (χ1) is 7.47. The number of halogens is 2. The Labute approximate surface area is 125 Å². The molecule has 0 saturated heterocycles. The number of nitrogens with zero attached hydrogens (tertiary/aromatic N) is 1. The molecule has 0 aromatic carbocycles. The molecule has 0 radical (unpaired) electrons. The van der Waals surface area contributed by atoms with E-state index < -0.39 is 5.54 Å². The highest BCUT2D eigenvalue weighted by Gasteiger charge is 2.27. The molecule has 0 aliphatic rings. The second kappa shape index (κ2) is 8.69. The van der Waals surface area contributed by atoms with E-state index in [1.807, 2.05) is 33.2 Å². The first-order valence-corrected chi connectivity index (χ1v) is 6.22. The molecule has 0 bridgehead atoms. The van der Waals surface area contributed by atoms with E-state index >= 15 is 0 Å². The van der Waals surface area contributed by atoms with Crippen molar-refractivity contribution in [1.29, 1.82) is 0 Å². The van der Waals surface area contributed by atoms with E-state index in [0.717, 1.165) is 5.01 Å². The van der Waals surface area contributed by atoms with Crippen LogP contribution in [0.3, 0.4) is 0 Å². The lowest BCUT2D eigenvalue weighted by molar-refractivity contribution is -0.126. The maximum absolute atomic E-state index is 11.9. The summed E-state index contributed by atoms with van der Waals surface area (Å²) in [6, 6.07) is 0. The van der Waals surface area contributed by atoms with Crippen molar-refractivity contribution in [1.82, 2.24) is 15.6 Å². The van der Waals surface area contributed by atoms with Crippen LogP contribution in [0.5, 0.6) is 0 Å². The highest BCUT2D eigenvalue weighted by atomic mass is 35.5. The summed E-state index contributed by atoms with van der Waals surface area (Å²) in [4.78, 5) is 16.1. The molecule has 0 spiro atoms. The predicted molar refractivity (Wildman–Crippen MR) is 80.9 cm³/mol. The first kappa shape index (κ1) is 20.0. The number of amides is 1. The Balaban J connectivity index is 0. The van der Waals surface area contributed by atoms with Crippen molar-refractivity contribution in [2.24, 2.45) is 5.92 Å². The smallest absolute Gasteiger partial charge is 0.224 e. The van der Waals surface area contributed by atoms with Crippen LogP contribution in [0.25, 0.3) is 0 Å². The Bertz CT molecular complexity index is 344. The van der Waals surface area contributed by atoms with Crippen LogP contribution in [-0.4, -0.2) is 24.5 Å². The van der Waals surface area contributed by atoms with Crippen molar-refractivity contribution in [3.05, 3.63) is 16.6 Å². The van der Waals surface area contributed by atoms with E-state index in [9.17, 15) is 4.79 Å². The van der Waals surface area contributed by atoms with Gasteiger partial charge in [-0.3, -0.25) is 4.79 Å². The number of carbonyl (C=O) groups excluding carboxylic acids is 1. The van der Waals surface area contributed by atoms with Crippen LogP contribution in [0.1, 0.15) is 25.8 Å². The Kier molecular flexibility index (Phi) is 9.64. The number of thiazole rings is 1. The molecular weight excluding hydrogens is 293 g/mol. The van der Waals surface area contributed by atoms with Crippen molar-refractivity contribution in [2.45, 2.75) is 26.3 Å². The molecule has 0 saturated carbocycles. The van der Waals surface area contributed by atoms with Gasteiger partial charge in [-0.05, 0) is 20.9 Å². The summed E-state index contributed by atoms with van der Waals surface area (Å²) in [5, 5.41) is 8.85. The summed E-state index contributed by atoms with van der Waals surface area (Å²) >= 11 is 1.56. The monoisotopic (exact) mass is 313 g/mol. The molecule has 7 heteroatoms. The highest BCUT2D eigenvalue weighted by Crippen LogP contribution is 2.22. The molecule has 1 unspecified atom stereocenters. The molecule has 1 aromatic heterocycles. The normalized spacial score (nSPS) is 12.0. The molecule has 1 rings (SSSR count). The maximum atomic E-state index is 11.9. The molecule has 4 nitrogen and oxygen atoms in total. The summed E-state index contributed by atoms with van der Waals surface area (Å²) in [7, 11) is 1.84. The summed E-state index contributed by atoms with van der Waals surface area (Å²) in [5.74, 6) is 0.0128. The van der Waals surface area contributed by atoms with Crippen LogP contribution in [0.4, 0.5) is 0 Å². The van der Waals surface area contributed by atoms with Crippen LogP contribution in [-0.2, 0) is 10.3 Å². The van der Waals surface area contributed by atoms with Crippen LogP contribution in [0.15, 0.2) is 11.6 Å². The van der Waals surface area contributed by atoms with Gasteiger partial charge in [0.05, 0.1) is 5.54 Å². The third-order valence-corrected chi connectivity index (χ3v) is 3.46. The van der Waals surface area contributed by atoms with Crippen molar-refractivity contribution >= 4 is 42.1 Å². The van der Waals surface area contributed by atoms with Gasteiger partial charge in [0.1, 0.15) is 5.01 Å². The minimum absolute atomic E-state index is 0. The average Bonchev–Trinajstić information content (AvgIpc) is 2.70. The minimum Gasteiger partial charge on any atom is -0.344 e. The zero-order valence-electron chi connectivity index (χ0n) is 11.0. The number of hydrogen-bond acceptors (Lipinski definition) is 4. The van der Waals surface area contributed by atoms with Crippen molar-refractivity contribution < 1.29 is 4.79 Å². The topological polar surface area (TPSA) is 54.0 Å². The Morgan fingerprint density at radius 3 is 2.56 bits per heavy atom. The van der Waals surface area contributed by atoms with Crippen LogP contribution in [0.2, 0.25) is 0 Å². The standard InChI is InChI=1S/C11H19N3OS.2ClH/c1-8(7-12-4)9(15)14-11(2,3)10-13-5-6-16-10;;/h5-6,8,12H,7H2,1-4H3,(H,14,15);2*1H. The van der Waals surface area contributed by atoms with Gasteiger partial charge in [0.25, 0.3) is 0 Å². The molecule has 1 amide bonds. The van der Waals surface area contributed by atoms with E-state index in [1.54, 1.807) is 17.5 Å². The Morgan fingerprint density at radius 2 is 2.11 bits per heavy atom. The zero-order chi connectivity index (χ0) is 12.2. The van der Waals surface area contributed by atoms with Crippen molar-refractivity contribution in [2.75, 3.05) is 13.6 Å². The molecule has 0 aliphatic heterocycles. The summed E-state index contributed by atoms with van der Waals surface area (Å²) in [6.07, 6.45) is 1.75. The van der Waals surface area contributed by atoms with Gasteiger partial charge in [-0.2, -0.15) is 0 Å². The fraction of sp³-hybridized carbons (Fsp3) is 0.636. The fourth-order valence-corrected chi connectivity index (χ4v) is 2.13. The van der Waals surface area contributed by atoms with Gasteiger partial charge in [0.15, 0.2) is 0 Å². The zero-order valence-corrected chi connectivity index (χ0v) is 13.5. The first-order valence-electron chi connectivity index (χ1n) is 5.34. The summed E-state index contributed by atoms with van der Waals surface area (Å²) in [5.41, 5.74) is -0.396. The van der Waals surface area contributed by atoms with Crippen LogP contribution >= 0.6 is 36.2 Å². The van der Waals surface area contributed by atoms with E-state index in [4.69, 9.17) is 0 Å². The fourth-order valence-electron chi connectivity index (χ4n) is 1.42. The van der Waals surface area contributed by atoms with E-state index in [-0.39, 0.29) is 36.6 Å². The quantitative estimate of drug-likeness (QED) is 0.876. The third-order valence-electron chi connectivity index (χ3n) is 2.36. The lowest BCUT2D eigenvalue weighted by Crippen LogP contribution is -2.45. The molecule has 106 valence electrons. The third kappa shape index (κ3) is 5.52. The van der Waals surface area contributed by atoms with Gasteiger partial charge < -0.3 is 10.6 Å². The summed E-state index contributed by atoms with van der Waals surface area (Å²) < 4.78 is 0.